The van der Waals surface area contributed by atoms with Crippen molar-refractivity contribution in [1.29, 1.82) is 5.26 Å². The first kappa shape index (κ1) is 12.9. The fourth-order valence-electron chi connectivity index (χ4n) is 2.10. The lowest BCUT2D eigenvalue weighted by Gasteiger charge is -2.15. The van der Waals surface area contributed by atoms with E-state index >= 15 is 0 Å². The number of hydrogen-bond acceptors (Lipinski definition) is 3. The third-order valence-corrected chi connectivity index (χ3v) is 3.45. The molecule has 5 heteroatoms. The van der Waals surface area contributed by atoms with E-state index in [-0.39, 0.29) is 11.8 Å². The van der Waals surface area contributed by atoms with Gasteiger partial charge in [0.25, 0.3) is 0 Å². The van der Waals surface area contributed by atoms with Crippen molar-refractivity contribution >= 4 is 23.2 Å². The molecule has 94 valence electrons. The van der Waals surface area contributed by atoms with E-state index < -0.39 is 0 Å². The number of carbonyl (C=O) groups excluding carboxylic acids is 1. The third kappa shape index (κ3) is 2.63. The van der Waals surface area contributed by atoms with Gasteiger partial charge in [0.1, 0.15) is 6.07 Å². The zero-order valence-corrected chi connectivity index (χ0v) is 10.8. The highest BCUT2D eigenvalue weighted by Gasteiger charge is 2.29. The van der Waals surface area contributed by atoms with E-state index in [2.05, 4.69) is 10.6 Å². The first-order valence-electron chi connectivity index (χ1n) is 5.83. The van der Waals surface area contributed by atoms with Crippen molar-refractivity contribution in [3.05, 3.63) is 28.8 Å². The molecule has 1 saturated heterocycles. The van der Waals surface area contributed by atoms with Crippen LogP contribution in [0, 0.1) is 23.2 Å². The number of anilines is 1. The second kappa shape index (κ2) is 5.38. The van der Waals surface area contributed by atoms with Crippen molar-refractivity contribution < 1.29 is 4.79 Å². The first-order valence-corrected chi connectivity index (χ1v) is 6.21. The second-order valence-corrected chi connectivity index (χ2v) is 4.97. The summed E-state index contributed by atoms with van der Waals surface area (Å²) in [6, 6.07) is 6.88. The molecule has 18 heavy (non-hydrogen) atoms. The quantitative estimate of drug-likeness (QED) is 0.858. The average Bonchev–Trinajstić information content (AvgIpc) is 2.76. The molecule has 0 unspecified atom stereocenters. The molecular weight excluding hydrogens is 250 g/mol. The molecule has 0 bridgehead atoms. The third-order valence-electron chi connectivity index (χ3n) is 3.21. The molecule has 0 aliphatic carbocycles. The second-order valence-electron chi connectivity index (χ2n) is 4.53. The van der Waals surface area contributed by atoms with Gasteiger partial charge in [0, 0.05) is 11.6 Å². The SMILES string of the molecule is C[C@@H]1CNC[C@H]1C(=O)Nc1cc(Cl)ccc1C#N. The molecule has 0 aromatic heterocycles. The van der Waals surface area contributed by atoms with E-state index in [1.165, 1.54) is 0 Å². The number of hydrogen-bond donors (Lipinski definition) is 2. The van der Waals surface area contributed by atoms with Crippen LogP contribution >= 0.6 is 11.6 Å². The van der Waals surface area contributed by atoms with Crippen molar-refractivity contribution in [3.8, 4) is 6.07 Å². The largest absolute Gasteiger partial charge is 0.325 e. The Balaban J connectivity index is 2.16. The Morgan fingerprint density at radius 1 is 1.56 bits per heavy atom. The number of nitrogens with one attached hydrogen (secondary N) is 2. The van der Waals surface area contributed by atoms with E-state index in [4.69, 9.17) is 16.9 Å². The number of nitriles is 1. The van der Waals surface area contributed by atoms with Gasteiger partial charge >= 0.3 is 0 Å². The highest BCUT2D eigenvalue weighted by atomic mass is 35.5. The Labute approximate surface area is 111 Å². The van der Waals surface area contributed by atoms with Crippen LogP contribution in [0.3, 0.4) is 0 Å². The maximum atomic E-state index is 12.1. The highest BCUT2D eigenvalue weighted by molar-refractivity contribution is 6.31. The summed E-state index contributed by atoms with van der Waals surface area (Å²) in [4.78, 5) is 12.1. The number of rotatable bonds is 2. The summed E-state index contributed by atoms with van der Waals surface area (Å²) in [5, 5.41) is 15.5. The Hall–Kier alpha value is -1.57. The number of benzene rings is 1. The average molecular weight is 264 g/mol. The molecular formula is C13H14ClN3O. The zero-order valence-electron chi connectivity index (χ0n) is 10.0. The first-order chi connectivity index (χ1) is 8.61. The van der Waals surface area contributed by atoms with Gasteiger partial charge in [-0.05, 0) is 30.7 Å². The molecule has 0 spiro atoms. The van der Waals surface area contributed by atoms with Crippen molar-refractivity contribution in [2.75, 3.05) is 18.4 Å². The van der Waals surface area contributed by atoms with Gasteiger partial charge in [0.15, 0.2) is 0 Å². The molecule has 0 saturated carbocycles. The van der Waals surface area contributed by atoms with E-state index in [9.17, 15) is 4.79 Å². The minimum Gasteiger partial charge on any atom is -0.325 e. The summed E-state index contributed by atoms with van der Waals surface area (Å²) in [5.41, 5.74) is 0.903. The summed E-state index contributed by atoms with van der Waals surface area (Å²) in [5.74, 6) is 0.177. The number of halogens is 1. The van der Waals surface area contributed by atoms with Gasteiger partial charge < -0.3 is 10.6 Å². The fraction of sp³-hybridized carbons (Fsp3) is 0.385. The van der Waals surface area contributed by atoms with Crippen LogP contribution in [0.15, 0.2) is 18.2 Å². The molecule has 1 aliphatic rings. The summed E-state index contributed by atoms with van der Waals surface area (Å²) < 4.78 is 0. The van der Waals surface area contributed by atoms with Gasteiger partial charge in [-0.25, -0.2) is 0 Å². The molecule has 1 aromatic rings. The van der Waals surface area contributed by atoms with Crippen LogP contribution in [-0.4, -0.2) is 19.0 Å². The number of amides is 1. The molecule has 1 aromatic carbocycles. The van der Waals surface area contributed by atoms with E-state index in [1.807, 2.05) is 13.0 Å². The van der Waals surface area contributed by atoms with Crippen molar-refractivity contribution in [1.82, 2.24) is 5.32 Å². The van der Waals surface area contributed by atoms with Gasteiger partial charge in [0.2, 0.25) is 5.91 Å². The van der Waals surface area contributed by atoms with Crippen LogP contribution in [0.25, 0.3) is 0 Å². The van der Waals surface area contributed by atoms with Crippen molar-refractivity contribution in [2.45, 2.75) is 6.92 Å². The molecule has 1 heterocycles. The Morgan fingerprint density at radius 2 is 2.33 bits per heavy atom. The van der Waals surface area contributed by atoms with Crippen molar-refractivity contribution in [3.63, 3.8) is 0 Å². The summed E-state index contributed by atoms with van der Waals surface area (Å²) in [6.45, 7) is 3.56. The smallest absolute Gasteiger partial charge is 0.229 e. The summed E-state index contributed by atoms with van der Waals surface area (Å²) in [6.07, 6.45) is 0. The fourth-order valence-corrected chi connectivity index (χ4v) is 2.28. The normalized spacial score (nSPS) is 22.5. The molecule has 4 nitrogen and oxygen atoms in total. The standard InChI is InChI=1S/C13H14ClN3O/c1-8-6-16-7-11(8)13(18)17-12-4-10(14)3-2-9(12)5-15/h2-4,8,11,16H,6-7H2,1H3,(H,17,18)/t8-,11-/m1/s1. The van der Waals surface area contributed by atoms with Crippen LogP contribution in [0.4, 0.5) is 5.69 Å². The van der Waals surface area contributed by atoms with Gasteiger partial charge in [-0.2, -0.15) is 5.26 Å². The lowest BCUT2D eigenvalue weighted by molar-refractivity contribution is -0.120. The van der Waals surface area contributed by atoms with Crippen LogP contribution in [0.1, 0.15) is 12.5 Å². The van der Waals surface area contributed by atoms with E-state index in [0.29, 0.717) is 28.7 Å². The number of nitrogens with zero attached hydrogens (tertiary/aromatic N) is 1. The van der Waals surface area contributed by atoms with Crippen LogP contribution < -0.4 is 10.6 Å². The minimum absolute atomic E-state index is 0.0597. The van der Waals surface area contributed by atoms with Crippen molar-refractivity contribution in [2.24, 2.45) is 11.8 Å². The zero-order chi connectivity index (χ0) is 13.1. The Kier molecular flexibility index (Phi) is 3.85. The van der Waals surface area contributed by atoms with Crippen LogP contribution in [0.5, 0.6) is 0 Å². The van der Waals surface area contributed by atoms with E-state index in [0.717, 1.165) is 6.54 Å². The molecule has 2 N–H and O–H groups in total. The lowest BCUT2D eigenvalue weighted by atomic mass is 9.97. The molecule has 2 atom stereocenters. The van der Waals surface area contributed by atoms with Gasteiger partial charge in [-0.1, -0.05) is 18.5 Å². The summed E-state index contributed by atoms with van der Waals surface area (Å²) >= 11 is 5.87. The van der Waals surface area contributed by atoms with Gasteiger partial charge in [-0.3, -0.25) is 4.79 Å². The number of carbonyl (C=O) groups is 1. The molecule has 1 fully saturated rings. The highest BCUT2D eigenvalue weighted by Crippen LogP contribution is 2.23. The maximum absolute atomic E-state index is 12.1. The molecule has 1 amide bonds. The molecule has 2 rings (SSSR count). The van der Waals surface area contributed by atoms with E-state index in [1.54, 1.807) is 18.2 Å². The minimum atomic E-state index is -0.0636. The Morgan fingerprint density at radius 3 is 2.94 bits per heavy atom. The Bertz CT molecular complexity index is 509. The topological polar surface area (TPSA) is 64.9 Å². The molecule has 0 radical (unpaired) electrons. The molecule has 1 aliphatic heterocycles. The van der Waals surface area contributed by atoms with Gasteiger partial charge in [0.05, 0.1) is 17.2 Å². The summed E-state index contributed by atoms with van der Waals surface area (Å²) in [7, 11) is 0. The predicted molar refractivity (Wildman–Crippen MR) is 70.3 cm³/mol. The predicted octanol–water partition coefficient (Wildman–Crippen LogP) is 2.01. The lowest BCUT2D eigenvalue weighted by Crippen LogP contribution is -2.28. The van der Waals surface area contributed by atoms with Crippen LogP contribution in [-0.2, 0) is 4.79 Å². The van der Waals surface area contributed by atoms with Crippen LogP contribution in [0.2, 0.25) is 5.02 Å². The van der Waals surface area contributed by atoms with Gasteiger partial charge in [-0.15, -0.1) is 0 Å². The monoisotopic (exact) mass is 263 g/mol. The maximum Gasteiger partial charge on any atom is 0.229 e.